The Balaban J connectivity index is 1.51. The van der Waals surface area contributed by atoms with Gasteiger partial charge in [0.25, 0.3) is 11.7 Å². The zero-order valence-corrected chi connectivity index (χ0v) is 21.2. The van der Waals surface area contributed by atoms with Crippen LogP contribution in [-0.2, 0) is 9.59 Å². The third-order valence-corrected chi connectivity index (χ3v) is 7.35. The van der Waals surface area contributed by atoms with Crippen LogP contribution in [0.25, 0.3) is 5.76 Å². The first-order valence-electron chi connectivity index (χ1n) is 12.5. The molecule has 0 unspecified atom stereocenters. The fraction of sp³-hybridized carbons (Fsp3) is 0.407. The van der Waals surface area contributed by atoms with E-state index in [2.05, 4.69) is 4.90 Å². The molecule has 1 N–H and O–H groups in total. The van der Waals surface area contributed by atoms with Gasteiger partial charge in [-0.25, -0.2) is 0 Å². The second kappa shape index (κ2) is 9.64. The lowest BCUT2D eigenvalue weighted by Gasteiger charge is -2.29. The molecule has 11 heteroatoms. The summed E-state index contributed by atoms with van der Waals surface area (Å²) in [6, 6.07) is 5.57. The van der Waals surface area contributed by atoms with Crippen molar-refractivity contribution in [1.82, 2.24) is 9.80 Å². The van der Waals surface area contributed by atoms with Gasteiger partial charge in [0.15, 0.2) is 23.0 Å². The van der Waals surface area contributed by atoms with Crippen molar-refractivity contribution in [2.75, 3.05) is 54.0 Å². The molecule has 6 rings (SSSR count). The Morgan fingerprint density at radius 3 is 2.45 bits per heavy atom. The molecule has 4 heterocycles. The lowest BCUT2D eigenvalue weighted by Crippen LogP contribution is -2.37. The molecule has 1 atom stereocenters. The van der Waals surface area contributed by atoms with Gasteiger partial charge in [0.2, 0.25) is 25.1 Å². The third-order valence-electron chi connectivity index (χ3n) is 7.35. The summed E-state index contributed by atoms with van der Waals surface area (Å²) in [6.45, 7) is 2.79. The Labute approximate surface area is 219 Å². The maximum Gasteiger partial charge on any atom is 0.295 e. The first kappa shape index (κ1) is 24.2. The monoisotopic (exact) mass is 524 g/mol. The second-order valence-electron chi connectivity index (χ2n) is 9.38. The van der Waals surface area contributed by atoms with Crippen LogP contribution in [0.5, 0.6) is 34.5 Å². The first-order chi connectivity index (χ1) is 18.5. The van der Waals surface area contributed by atoms with Gasteiger partial charge in [-0.15, -0.1) is 0 Å². The van der Waals surface area contributed by atoms with Crippen LogP contribution in [0.4, 0.5) is 0 Å². The standard InChI is InChI=1S/C27H28N2O9/c1-33-19-12-16(24(34-2)26-25(19)37-14-38-26)21-20(22(30)15-5-6-17-18(11-15)36-13-35-17)23(31)27(32)29(21)10-9-28-7-3-4-8-28/h5-6,11-12,21,30H,3-4,7-10,13-14H2,1-2H3/t21-/m1/s1. The predicted molar refractivity (Wildman–Crippen MR) is 133 cm³/mol. The number of ketones is 1. The molecule has 2 aromatic rings. The summed E-state index contributed by atoms with van der Waals surface area (Å²) in [4.78, 5) is 30.7. The van der Waals surface area contributed by atoms with E-state index in [1.165, 1.54) is 19.1 Å². The van der Waals surface area contributed by atoms with E-state index in [-0.39, 0.29) is 31.5 Å². The highest BCUT2D eigenvalue weighted by molar-refractivity contribution is 6.46. The molecular weight excluding hydrogens is 496 g/mol. The Bertz CT molecular complexity index is 1330. The number of carbonyl (C=O) groups excluding carboxylic acids is 2. The van der Waals surface area contributed by atoms with Crippen molar-refractivity contribution in [2.24, 2.45) is 0 Å². The van der Waals surface area contributed by atoms with Crippen LogP contribution >= 0.6 is 0 Å². The fourth-order valence-electron chi connectivity index (χ4n) is 5.49. The lowest BCUT2D eigenvalue weighted by molar-refractivity contribution is -0.140. The van der Waals surface area contributed by atoms with Gasteiger partial charge in [-0.3, -0.25) is 9.59 Å². The first-order valence-corrected chi connectivity index (χ1v) is 12.5. The van der Waals surface area contributed by atoms with Crippen molar-refractivity contribution in [3.8, 4) is 34.5 Å². The average Bonchev–Trinajstić information content (AvgIpc) is 3.74. The highest BCUT2D eigenvalue weighted by Crippen LogP contribution is 2.54. The number of nitrogens with zero attached hydrogens (tertiary/aromatic N) is 2. The van der Waals surface area contributed by atoms with Crippen molar-refractivity contribution < 1.29 is 43.1 Å². The van der Waals surface area contributed by atoms with Crippen molar-refractivity contribution in [3.63, 3.8) is 0 Å². The largest absolute Gasteiger partial charge is 0.507 e. The van der Waals surface area contributed by atoms with Gasteiger partial charge in [-0.1, -0.05) is 0 Å². The van der Waals surface area contributed by atoms with Crippen molar-refractivity contribution in [3.05, 3.63) is 41.0 Å². The number of rotatable bonds is 7. The number of Topliss-reactive ketones (excluding diaryl/α,β-unsaturated/α-hetero) is 1. The summed E-state index contributed by atoms with van der Waals surface area (Å²) in [6.07, 6.45) is 2.19. The molecule has 4 aliphatic heterocycles. The molecule has 0 saturated carbocycles. The van der Waals surface area contributed by atoms with E-state index in [0.717, 1.165) is 25.9 Å². The van der Waals surface area contributed by atoms with Crippen LogP contribution < -0.4 is 28.4 Å². The van der Waals surface area contributed by atoms with E-state index in [0.29, 0.717) is 52.2 Å². The number of carbonyl (C=O) groups is 2. The zero-order chi connectivity index (χ0) is 26.4. The van der Waals surface area contributed by atoms with Crippen molar-refractivity contribution in [2.45, 2.75) is 18.9 Å². The number of likely N-dealkylation sites (tertiary alicyclic amines) is 2. The Kier molecular flexibility index (Phi) is 6.15. The quantitative estimate of drug-likeness (QED) is 0.329. The van der Waals surface area contributed by atoms with Crippen LogP contribution in [0, 0.1) is 0 Å². The Hall–Kier alpha value is -4.12. The van der Waals surface area contributed by atoms with Crippen molar-refractivity contribution in [1.29, 1.82) is 0 Å². The molecule has 0 bridgehead atoms. The minimum Gasteiger partial charge on any atom is -0.507 e. The smallest absolute Gasteiger partial charge is 0.295 e. The third kappa shape index (κ3) is 3.85. The van der Waals surface area contributed by atoms with Gasteiger partial charge in [0.05, 0.1) is 25.8 Å². The maximum atomic E-state index is 13.5. The normalized spacial score (nSPS) is 21.4. The molecule has 200 valence electrons. The van der Waals surface area contributed by atoms with E-state index < -0.39 is 17.7 Å². The van der Waals surface area contributed by atoms with Gasteiger partial charge in [0, 0.05) is 24.2 Å². The van der Waals surface area contributed by atoms with E-state index in [1.54, 1.807) is 24.3 Å². The molecule has 38 heavy (non-hydrogen) atoms. The lowest BCUT2D eigenvalue weighted by atomic mass is 9.93. The van der Waals surface area contributed by atoms with Crippen LogP contribution in [0.2, 0.25) is 0 Å². The molecule has 2 saturated heterocycles. The minimum absolute atomic E-state index is 0.0299. The van der Waals surface area contributed by atoms with E-state index in [4.69, 9.17) is 28.4 Å². The van der Waals surface area contributed by atoms with Crippen molar-refractivity contribution >= 4 is 17.4 Å². The van der Waals surface area contributed by atoms with Gasteiger partial charge in [0.1, 0.15) is 5.76 Å². The number of hydrogen-bond donors (Lipinski definition) is 1. The van der Waals surface area contributed by atoms with E-state index in [1.807, 2.05) is 0 Å². The number of ether oxygens (including phenoxy) is 6. The summed E-state index contributed by atoms with van der Waals surface area (Å²) < 4.78 is 33.4. The van der Waals surface area contributed by atoms with Crippen LogP contribution in [0.3, 0.4) is 0 Å². The molecule has 4 aliphatic rings. The fourth-order valence-corrected chi connectivity index (χ4v) is 5.49. The predicted octanol–water partition coefficient (Wildman–Crippen LogP) is 2.68. The molecule has 2 aromatic carbocycles. The number of aliphatic hydroxyl groups is 1. The molecule has 2 fully saturated rings. The molecule has 0 radical (unpaired) electrons. The number of fused-ring (bicyclic) bond motifs is 2. The number of benzene rings is 2. The summed E-state index contributed by atoms with van der Waals surface area (Å²) >= 11 is 0. The maximum absolute atomic E-state index is 13.5. The topological polar surface area (TPSA) is 116 Å². The zero-order valence-electron chi connectivity index (χ0n) is 21.2. The second-order valence-corrected chi connectivity index (χ2v) is 9.38. The molecule has 0 aliphatic carbocycles. The van der Waals surface area contributed by atoms with Gasteiger partial charge in [-0.2, -0.15) is 0 Å². The molecule has 0 aromatic heterocycles. The highest BCUT2D eigenvalue weighted by Gasteiger charge is 2.48. The SMILES string of the molecule is COc1cc([C@@H]2C(=C(O)c3ccc4c(c3)OCO4)C(=O)C(=O)N2CCN2CCCC2)c(OC)c2c1OCO2. The van der Waals surface area contributed by atoms with Gasteiger partial charge in [-0.05, 0) is 50.2 Å². The van der Waals surface area contributed by atoms with Gasteiger partial charge < -0.3 is 43.3 Å². The van der Waals surface area contributed by atoms with E-state index in [9.17, 15) is 14.7 Å². The molecule has 11 nitrogen and oxygen atoms in total. The number of methoxy groups -OCH3 is 2. The van der Waals surface area contributed by atoms with Crippen LogP contribution in [0.1, 0.15) is 30.0 Å². The highest BCUT2D eigenvalue weighted by atomic mass is 16.7. The average molecular weight is 525 g/mol. The van der Waals surface area contributed by atoms with E-state index >= 15 is 0 Å². The summed E-state index contributed by atoms with van der Waals surface area (Å²) in [5.41, 5.74) is 0.703. The molecular formula is C27H28N2O9. The number of aliphatic hydroxyl groups excluding tert-OH is 1. The Morgan fingerprint density at radius 2 is 1.68 bits per heavy atom. The number of hydrogen-bond acceptors (Lipinski definition) is 10. The summed E-state index contributed by atoms with van der Waals surface area (Å²) in [5, 5.41) is 11.5. The minimum atomic E-state index is -0.957. The van der Waals surface area contributed by atoms with Crippen LogP contribution in [0.15, 0.2) is 29.8 Å². The number of amides is 1. The van der Waals surface area contributed by atoms with Gasteiger partial charge >= 0.3 is 0 Å². The van der Waals surface area contributed by atoms with Crippen LogP contribution in [-0.4, -0.2) is 80.6 Å². The summed E-state index contributed by atoms with van der Waals surface area (Å²) in [7, 11) is 2.96. The molecule has 1 amide bonds. The Morgan fingerprint density at radius 1 is 0.947 bits per heavy atom. The summed E-state index contributed by atoms with van der Waals surface area (Å²) in [5.74, 6) is 0.513. The molecule has 0 spiro atoms.